The van der Waals surface area contributed by atoms with Crippen LogP contribution in [0, 0.1) is 11.6 Å². The number of benzene rings is 1. The van der Waals surface area contributed by atoms with Gasteiger partial charge in [-0.3, -0.25) is 0 Å². The van der Waals surface area contributed by atoms with Gasteiger partial charge in [0.1, 0.15) is 0 Å². The highest BCUT2D eigenvalue weighted by molar-refractivity contribution is 7.27. The maximum Gasteiger partial charge on any atom is 0.165 e. The van der Waals surface area contributed by atoms with Gasteiger partial charge in [0.25, 0.3) is 0 Å². The molecule has 0 amide bonds. The summed E-state index contributed by atoms with van der Waals surface area (Å²) < 4.78 is 24.5. The first-order chi connectivity index (χ1) is 4.22. The van der Waals surface area contributed by atoms with Crippen molar-refractivity contribution < 1.29 is 8.78 Å². The summed E-state index contributed by atoms with van der Waals surface area (Å²) in [5, 5.41) is 0.259. The van der Waals surface area contributed by atoms with Crippen LogP contribution in [-0.2, 0) is 0 Å². The Kier molecular flexibility index (Phi) is 1.77. The zero-order valence-corrected chi connectivity index (χ0v) is 5.72. The second-order valence-corrected chi connectivity index (χ2v) is 2.27. The molecule has 3 heteroatoms. The van der Waals surface area contributed by atoms with Crippen molar-refractivity contribution >= 4 is 14.5 Å². The Balaban J connectivity index is 3.25. The lowest BCUT2D eigenvalue weighted by Crippen LogP contribution is -1.99. The molecule has 0 aliphatic rings. The van der Waals surface area contributed by atoms with Crippen molar-refractivity contribution in [1.82, 2.24) is 0 Å². The summed E-state index contributed by atoms with van der Waals surface area (Å²) in [6, 6.07) is 4.03. The van der Waals surface area contributed by atoms with E-state index in [9.17, 15) is 8.78 Å². The van der Waals surface area contributed by atoms with Gasteiger partial charge in [0.2, 0.25) is 0 Å². The van der Waals surface area contributed by atoms with Crippen LogP contribution in [0.3, 0.4) is 0 Å². The predicted octanol–water partition coefficient (Wildman–Crippen LogP) is 1.47. The number of rotatable bonds is 0. The van der Waals surface area contributed by atoms with Crippen LogP contribution in [-0.4, -0.2) is 0 Å². The van der Waals surface area contributed by atoms with E-state index in [2.05, 4.69) is 9.24 Å². The SMILES string of the molecule is Fc1cccc(P)c1F. The summed E-state index contributed by atoms with van der Waals surface area (Å²) in [4.78, 5) is 0. The van der Waals surface area contributed by atoms with Crippen molar-refractivity contribution in [2.75, 3.05) is 0 Å². The molecular weight excluding hydrogens is 141 g/mol. The molecule has 0 spiro atoms. The average molecular weight is 146 g/mol. The van der Waals surface area contributed by atoms with Crippen molar-refractivity contribution in [1.29, 1.82) is 0 Å². The Bertz CT molecular complexity index is 202. The van der Waals surface area contributed by atoms with Gasteiger partial charge < -0.3 is 0 Å². The maximum atomic E-state index is 12.3. The molecule has 1 unspecified atom stereocenters. The normalized spacial score (nSPS) is 9.67. The third-order valence-electron chi connectivity index (χ3n) is 0.981. The summed E-state index contributed by atoms with van der Waals surface area (Å²) in [5.41, 5.74) is 0. The molecule has 1 atom stereocenters. The molecule has 0 nitrogen and oxygen atoms in total. The van der Waals surface area contributed by atoms with E-state index in [-0.39, 0.29) is 5.30 Å². The average Bonchev–Trinajstić information content (AvgIpc) is 1.83. The van der Waals surface area contributed by atoms with Gasteiger partial charge in [0.15, 0.2) is 11.6 Å². The van der Waals surface area contributed by atoms with Crippen LogP contribution in [0.25, 0.3) is 0 Å². The van der Waals surface area contributed by atoms with Crippen LogP contribution in [0.5, 0.6) is 0 Å². The first kappa shape index (κ1) is 6.63. The number of hydrogen-bond donors (Lipinski definition) is 0. The summed E-state index contributed by atoms with van der Waals surface area (Å²) in [7, 11) is 2.11. The third-order valence-corrected chi connectivity index (χ3v) is 1.43. The lowest BCUT2D eigenvalue weighted by Gasteiger charge is -1.93. The fraction of sp³-hybridized carbons (Fsp3) is 0. The van der Waals surface area contributed by atoms with Gasteiger partial charge in [-0.25, -0.2) is 8.78 Å². The van der Waals surface area contributed by atoms with E-state index in [4.69, 9.17) is 0 Å². The minimum absolute atomic E-state index is 0.259. The van der Waals surface area contributed by atoms with Crippen molar-refractivity contribution in [3.8, 4) is 0 Å². The van der Waals surface area contributed by atoms with Gasteiger partial charge in [0.05, 0.1) is 0 Å². The lowest BCUT2D eigenvalue weighted by molar-refractivity contribution is 0.514. The van der Waals surface area contributed by atoms with Crippen molar-refractivity contribution in [2.45, 2.75) is 0 Å². The molecule has 0 heterocycles. The van der Waals surface area contributed by atoms with Crippen LogP contribution >= 0.6 is 9.24 Å². The van der Waals surface area contributed by atoms with Crippen LogP contribution in [0.15, 0.2) is 18.2 Å². The summed E-state index contributed by atoms with van der Waals surface area (Å²) in [6.07, 6.45) is 0. The molecule has 0 aliphatic carbocycles. The summed E-state index contributed by atoms with van der Waals surface area (Å²) in [6.45, 7) is 0. The molecule has 0 aliphatic heterocycles. The van der Waals surface area contributed by atoms with E-state index in [0.717, 1.165) is 6.07 Å². The van der Waals surface area contributed by atoms with Gasteiger partial charge >= 0.3 is 0 Å². The molecule has 1 aromatic rings. The Hall–Kier alpha value is -0.490. The van der Waals surface area contributed by atoms with E-state index < -0.39 is 11.6 Å². The predicted molar refractivity (Wildman–Crippen MR) is 35.7 cm³/mol. The van der Waals surface area contributed by atoms with Crippen LogP contribution in [0.4, 0.5) is 8.78 Å². The molecule has 0 N–H and O–H groups in total. The van der Waals surface area contributed by atoms with Gasteiger partial charge in [-0.1, -0.05) is 12.1 Å². The molecule has 0 saturated heterocycles. The van der Waals surface area contributed by atoms with Crippen molar-refractivity contribution in [3.63, 3.8) is 0 Å². The Morgan fingerprint density at radius 2 is 1.89 bits per heavy atom. The zero-order chi connectivity index (χ0) is 6.85. The second-order valence-electron chi connectivity index (χ2n) is 1.64. The van der Waals surface area contributed by atoms with E-state index in [0.29, 0.717) is 0 Å². The van der Waals surface area contributed by atoms with E-state index in [1.165, 1.54) is 12.1 Å². The first-order valence-electron chi connectivity index (χ1n) is 2.41. The first-order valence-corrected chi connectivity index (χ1v) is 2.99. The molecule has 9 heavy (non-hydrogen) atoms. The smallest absolute Gasteiger partial charge is 0.165 e. The lowest BCUT2D eigenvalue weighted by atomic mass is 10.3. The van der Waals surface area contributed by atoms with Crippen LogP contribution in [0.1, 0.15) is 0 Å². The summed E-state index contributed by atoms with van der Waals surface area (Å²) >= 11 is 0. The fourth-order valence-corrected chi connectivity index (χ4v) is 0.769. The molecular formula is C6H5F2P. The Morgan fingerprint density at radius 3 is 2.33 bits per heavy atom. The van der Waals surface area contributed by atoms with Crippen molar-refractivity contribution in [2.24, 2.45) is 0 Å². The van der Waals surface area contributed by atoms with Crippen LogP contribution in [0.2, 0.25) is 0 Å². The highest BCUT2D eigenvalue weighted by atomic mass is 31.0. The van der Waals surface area contributed by atoms with E-state index in [1.54, 1.807) is 0 Å². The Labute approximate surface area is 54.1 Å². The van der Waals surface area contributed by atoms with Crippen molar-refractivity contribution in [3.05, 3.63) is 29.8 Å². The third kappa shape index (κ3) is 1.25. The molecule has 1 rings (SSSR count). The van der Waals surface area contributed by atoms with E-state index >= 15 is 0 Å². The fourth-order valence-electron chi connectivity index (χ4n) is 0.520. The topological polar surface area (TPSA) is 0 Å². The molecule has 0 aromatic heterocycles. The quantitative estimate of drug-likeness (QED) is 0.486. The van der Waals surface area contributed by atoms with Gasteiger partial charge in [-0.15, -0.1) is 9.24 Å². The highest BCUT2D eigenvalue weighted by Crippen LogP contribution is 2.03. The number of halogens is 2. The molecule has 48 valence electrons. The molecule has 0 fully saturated rings. The van der Waals surface area contributed by atoms with Gasteiger partial charge in [-0.2, -0.15) is 0 Å². The van der Waals surface area contributed by atoms with Gasteiger partial charge in [-0.05, 0) is 6.07 Å². The highest BCUT2D eigenvalue weighted by Gasteiger charge is 2.00. The molecule has 0 radical (unpaired) electrons. The maximum absolute atomic E-state index is 12.3. The number of hydrogen-bond acceptors (Lipinski definition) is 0. The minimum atomic E-state index is -0.803. The summed E-state index contributed by atoms with van der Waals surface area (Å²) in [5.74, 6) is -1.59. The van der Waals surface area contributed by atoms with Crippen LogP contribution < -0.4 is 5.30 Å². The molecule has 0 saturated carbocycles. The Morgan fingerprint density at radius 1 is 1.22 bits per heavy atom. The largest absolute Gasteiger partial charge is 0.204 e. The second kappa shape index (κ2) is 2.40. The minimum Gasteiger partial charge on any atom is -0.204 e. The van der Waals surface area contributed by atoms with E-state index in [1.807, 2.05) is 0 Å². The van der Waals surface area contributed by atoms with Gasteiger partial charge in [0, 0.05) is 5.30 Å². The zero-order valence-electron chi connectivity index (χ0n) is 4.57. The standard InChI is InChI=1S/C6H5F2P/c7-4-2-1-3-5(9)6(4)8/h1-3H,9H2. The molecule has 0 bridgehead atoms. The molecule has 1 aromatic carbocycles. The monoisotopic (exact) mass is 146 g/mol.